The number of fused-ring (bicyclic) bond motifs is 1. The summed E-state index contributed by atoms with van der Waals surface area (Å²) in [7, 11) is 0. The fraction of sp³-hybridized carbons (Fsp3) is 0.455. The van der Waals surface area contributed by atoms with Gasteiger partial charge in [0.15, 0.2) is 17.5 Å². The van der Waals surface area contributed by atoms with Crippen molar-refractivity contribution in [1.29, 1.82) is 0 Å². The molecule has 3 N–H and O–H groups in total. The number of anilines is 1. The van der Waals surface area contributed by atoms with Gasteiger partial charge in [0.1, 0.15) is 11.8 Å². The molecule has 0 bridgehead atoms. The highest BCUT2D eigenvalue weighted by molar-refractivity contribution is 6.31. The van der Waals surface area contributed by atoms with Crippen LogP contribution in [0.4, 0.5) is 15.0 Å². The van der Waals surface area contributed by atoms with E-state index in [2.05, 4.69) is 30.6 Å². The largest absolute Gasteiger partial charge is 0.444 e. The first-order valence-corrected chi connectivity index (χ1v) is 11.4. The summed E-state index contributed by atoms with van der Waals surface area (Å²) in [5.74, 6) is -0.0480. The van der Waals surface area contributed by atoms with Gasteiger partial charge in [0.05, 0.1) is 24.4 Å². The first kappa shape index (κ1) is 21.8. The zero-order valence-corrected chi connectivity index (χ0v) is 18.6. The summed E-state index contributed by atoms with van der Waals surface area (Å²) in [4.78, 5) is 28.1. The summed E-state index contributed by atoms with van der Waals surface area (Å²) in [6.07, 6.45) is 7.74. The smallest absolute Gasteiger partial charge is 0.407 e. The molecule has 5 rings (SSSR count). The normalized spacial score (nSPS) is 22.9. The molecule has 0 unspecified atom stereocenters. The number of aromatic amines is 1. The van der Waals surface area contributed by atoms with E-state index in [1.165, 1.54) is 0 Å². The Morgan fingerprint density at radius 1 is 1.24 bits per heavy atom. The lowest BCUT2D eigenvalue weighted by Gasteiger charge is -2.30. The predicted molar refractivity (Wildman–Crippen MR) is 121 cm³/mol. The number of hydrogen-bond acceptors (Lipinski definition) is 7. The van der Waals surface area contributed by atoms with E-state index in [4.69, 9.17) is 21.1 Å². The molecule has 4 heterocycles. The van der Waals surface area contributed by atoms with Crippen LogP contribution in [0, 0.1) is 5.82 Å². The third kappa shape index (κ3) is 5.01. The van der Waals surface area contributed by atoms with Crippen LogP contribution >= 0.6 is 11.6 Å². The fourth-order valence-corrected chi connectivity index (χ4v) is 4.52. The van der Waals surface area contributed by atoms with Crippen molar-refractivity contribution < 1.29 is 18.7 Å². The highest BCUT2D eigenvalue weighted by Crippen LogP contribution is 2.29. The van der Waals surface area contributed by atoms with Crippen LogP contribution in [-0.2, 0) is 9.47 Å². The fourth-order valence-electron chi connectivity index (χ4n) is 4.36. The highest BCUT2D eigenvalue weighted by Gasteiger charge is 2.27. The van der Waals surface area contributed by atoms with Crippen LogP contribution in [0.5, 0.6) is 0 Å². The third-order valence-electron chi connectivity index (χ3n) is 5.98. The van der Waals surface area contributed by atoms with Crippen LogP contribution in [0.2, 0.25) is 5.02 Å². The molecule has 1 amide bonds. The lowest BCUT2D eigenvalue weighted by atomic mass is 9.91. The molecule has 1 aliphatic heterocycles. The van der Waals surface area contributed by atoms with E-state index >= 15 is 0 Å². The van der Waals surface area contributed by atoms with Crippen molar-refractivity contribution in [3.8, 4) is 11.4 Å². The van der Waals surface area contributed by atoms with Gasteiger partial charge in [-0.05, 0) is 31.7 Å². The van der Waals surface area contributed by atoms with Gasteiger partial charge in [-0.3, -0.25) is 0 Å². The Labute approximate surface area is 194 Å². The van der Waals surface area contributed by atoms with Crippen molar-refractivity contribution in [3.63, 3.8) is 0 Å². The molecule has 3 aromatic heterocycles. The number of H-pyrrole nitrogens is 1. The minimum absolute atomic E-state index is 0.0461. The molecule has 174 valence electrons. The molecule has 33 heavy (non-hydrogen) atoms. The molecule has 9 nitrogen and oxygen atoms in total. The summed E-state index contributed by atoms with van der Waals surface area (Å²) in [5, 5.41) is 7.37. The predicted octanol–water partition coefficient (Wildman–Crippen LogP) is 4.05. The Balaban J connectivity index is 1.26. The molecule has 2 fully saturated rings. The van der Waals surface area contributed by atoms with E-state index < -0.39 is 11.9 Å². The summed E-state index contributed by atoms with van der Waals surface area (Å²) >= 11 is 6.08. The molecular formula is C22H24ClFN6O3. The van der Waals surface area contributed by atoms with Crippen molar-refractivity contribution in [3.05, 3.63) is 35.5 Å². The number of hydrogen-bond donors (Lipinski definition) is 3. The lowest BCUT2D eigenvalue weighted by Crippen LogP contribution is -2.43. The Hall–Kier alpha value is -2.98. The van der Waals surface area contributed by atoms with Gasteiger partial charge in [0.25, 0.3) is 0 Å². The summed E-state index contributed by atoms with van der Waals surface area (Å²) in [6, 6.07) is 1.66. The molecular weight excluding hydrogens is 451 g/mol. The Kier molecular flexibility index (Phi) is 6.28. The molecule has 3 aromatic rings. The molecule has 11 heteroatoms. The Bertz CT molecular complexity index is 1150. The number of rotatable bonds is 5. The average Bonchev–Trinajstić information content (AvgIpc) is 3.45. The van der Waals surface area contributed by atoms with Crippen molar-refractivity contribution in [2.75, 3.05) is 18.5 Å². The number of carbonyl (C=O) groups excluding carboxylic acids is 1. The molecule has 1 saturated carbocycles. The minimum atomic E-state index is -0.537. The number of ether oxygens (including phenoxy) is 2. The summed E-state index contributed by atoms with van der Waals surface area (Å²) < 4.78 is 25.2. The number of pyridine rings is 1. The third-order valence-corrected chi connectivity index (χ3v) is 6.19. The minimum Gasteiger partial charge on any atom is -0.444 e. The number of alkyl carbamates (subject to hydrolysis) is 1. The zero-order chi connectivity index (χ0) is 22.8. The van der Waals surface area contributed by atoms with Gasteiger partial charge in [-0.25, -0.2) is 24.1 Å². The van der Waals surface area contributed by atoms with Crippen molar-refractivity contribution in [2.45, 2.75) is 50.3 Å². The van der Waals surface area contributed by atoms with Crippen LogP contribution in [0.1, 0.15) is 32.1 Å². The van der Waals surface area contributed by atoms with Gasteiger partial charge in [-0.15, -0.1) is 0 Å². The molecule has 0 aromatic carbocycles. The van der Waals surface area contributed by atoms with E-state index in [1.54, 1.807) is 18.5 Å². The van der Waals surface area contributed by atoms with E-state index in [1.807, 2.05) is 0 Å². The van der Waals surface area contributed by atoms with Crippen LogP contribution < -0.4 is 10.6 Å². The quantitative estimate of drug-likeness (QED) is 0.511. The molecule has 3 atom stereocenters. The number of nitrogens with one attached hydrogen (secondary N) is 3. The van der Waals surface area contributed by atoms with E-state index in [0.29, 0.717) is 41.7 Å². The number of aromatic nitrogens is 4. The van der Waals surface area contributed by atoms with Crippen LogP contribution in [0.15, 0.2) is 24.7 Å². The SMILES string of the molecule is O=C(N[C@@H]1CCC[C@H](Nc2nc(-c3c[nH]c4ncc(Cl)cc34)ncc2F)C1)O[C@H]1CCOC1. The van der Waals surface area contributed by atoms with Gasteiger partial charge >= 0.3 is 6.09 Å². The highest BCUT2D eigenvalue weighted by atomic mass is 35.5. The van der Waals surface area contributed by atoms with E-state index in [-0.39, 0.29) is 24.0 Å². The van der Waals surface area contributed by atoms with Crippen LogP contribution in [0.25, 0.3) is 22.4 Å². The molecule has 0 spiro atoms. The van der Waals surface area contributed by atoms with Crippen molar-refractivity contribution in [1.82, 2.24) is 25.3 Å². The number of carbonyl (C=O) groups is 1. The second-order valence-electron chi connectivity index (χ2n) is 8.38. The van der Waals surface area contributed by atoms with Gasteiger partial charge in [0.2, 0.25) is 0 Å². The average molecular weight is 475 g/mol. The van der Waals surface area contributed by atoms with Gasteiger partial charge < -0.3 is 25.1 Å². The topological polar surface area (TPSA) is 114 Å². The zero-order valence-electron chi connectivity index (χ0n) is 17.8. The monoisotopic (exact) mass is 474 g/mol. The lowest BCUT2D eigenvalue weighted by molar-refractivity contribution is 0.0794. The standard InChI is InChI=1S/C22H24ClFN6O3/c23-12-6-16-17(9-26-19(16)25-8-12)20-27-10-18(24)21(30-20)28-13-2-1-3-14(7-13)29-22(31)33-15-4-5-32-11-15/h6,8-10,13-15H,1-5,7,11H2,(H,25,26)(H,29,31)(H,27,28,30)/t13-,14+,15-/m0/s1. The van der Waals surface area contributed by atoms with Gasteiger partial charge in [-0.2, -0.15) is 0 Å². The van der Waals surface area contributed by atoms with E-state index in [9.17, 15) is 9.18 Å². The van der Waals surface area contributed by atoms with Crippen molar-refractivity contribution >= 4 is 34.5 Å². The van der Waals surface area contributed by atoms with Gasteiger partial charge in [-0.1, -0.05) is 11.6 Å². The van der Waals surface area contributed by atoms with Crippen LogP contribution in [-0.4, -0.2) is 57.4 Å². The number of halogens is 2. The van der Waals surface area contributed by atoms with Crippen LogP contribution in [0.3, 0.4) is 0 Å². The maximum atomic E-state index is 14.5. The summed E-state index contributed by atoms with van der Waals surface area (Å²) in [5.41, 5.74) is 1.33. The van der Waals surface area contributed by atoms with Gasteiger partial charge in [0, 0.05) is 41.8 Å². The Morgan fingerprint density at radius 3 is 2.97 bits per heavy atom. The molecule has 0 radical (unpaired) electrons. The maximum absolute atomic E-state index is 14.5. The maximum Gasteiger partial charge on any atom is 0.407 e. The second-order valence-corrected chi connectivity index (χ2v) is 8.82. The summed E-state index contributed by atoms with van der Waals surface area (Å²) in [6.45, 7) is 1.05. The molecule has 2 aliphatic rings. The molecule has 1 aliphatic carbocycles. The van der Waals surface area contributed by atoms with Crippen molar-refractivity contribution in [2.24, 2.45) is 0 Å². The first-order valence-electron chi connectivity index (χ1n) is 11.0. The van der Waals surface area contributed by atoms with E-state index in [0.717, 1.165) is 37.3 Å². The number of amides is 1. The first-order chi connectivity index (χ1) is 16.0. The number of nitrogens with zero attached hydrogens (tertiary/aromatic N) is 3. The Morgan fingerprint density at radius 2 is 2.12 bits per heavy atom. The second kappa shape index (κ2) is 9.48. The molecule has 1 saturated heterocycles.